The minimum atomic E-state index is -0.116. The monoisotopic (exact) mass is 791 g/mol. The van der Waals surface area contributed by atoms with Gasteiger partial charge in [-0.3, -0.25) is 0 Å². The van der Waals surface area contributed by atoms with Crippen LogP contribution in [0.25, 0.3) is 88.0 Å². The van der Waals surface area contributed by atoms with Crippen LogP contribution < -0.4 is 4.90 Å². The van der Waals surface area contributed by atoms with Gasteiger partial charge in [0.05, 0.1) is 22.1 Å². The molecule has 0 bridgehead atoms. The fourth-order valence-corrected chi connectivity index (χ4v) is 10.8. The summed E-state index contributed by atoms with van der Waals surface area (Å²) in [6.45, 7) is 4.72. The van der Waals surface area contributed by atoms with Crippen LogP contribution in [0.3, 0.4) is 0 Å². The number of rotatable bonds is 6. The van der Waals surface area contributed by atoms with Crippen molar-refractivity contribution in [3.63, 3.8) is 0 Å². The molecule has 10 aromatic carbocycles. The minimum absolute atomic E-state index is 0.116. The predicted molar refractivity (Wildman–Crippen MR) is 261 cm³/mol. The number of para-hydroxylation sites is 3. The van der Waals surface area contributed by atoms with E-state index in [1.165, 1.54) is 93.5 Å². The van der Waals surface area contributed by atoms with Crippen molar-refractivity contribution in [2.75, 3.05) is 4.90 Å². The predicted octanol–water partition coefficient (Wildman–Crippen LogP) is 15.9. The maximum atomic E-state index is 2.42. The standard InChI is InChI=1S/C59H41N3/c1-59(2)51-19-9-6-16-46(51)47-34-32-44(37-52(47)59)60(42-28-30-43(31-29-42)61-53-20-10-7-17-48(53)49-18-8-11-21-54(49)61)41-26-23-38(24-27-41)45-35-36-56-58-50(45)33-25-39-13-12-22-55(57(39)58)62(56)40-14-4-3-5-15-40/h3-37H,1-2H3. The molecule has 0 fully saturated rings. The quantitative estimate of drug-likeness (QED) is 0.153. The van der Waals surface area contributed by atoms with Crippen LogP contribution in [0.2, 0.25) is 0 Å². The van der Waals surface area contributed by atoms with Crippen LogP contribution >= 0.6 is 0 Å². The van der Waals surface area contributed by atoms with Gasteiger partial charge in [0.1, 0.15) is 0 Å². The molecular weight excluding hydrogens is 751 g/mol. The summed E-state index contributed by atoms with van der Waals surface area (Å²) in [7, 11) is 0. The Morgan fingerprint density at radius 2 is 0.919 bits per heavy atom. The lowest BCUT2D eigenvalue weighted by Crippen LogP contribution is -2.16. The first-order valence-electron chi connectivity index (χ1n) is 21.6. The zero-order valence-corrected chi connectivity index (χ0v) is 34.5. The number of benzene rings is 10. The molecule has 0 amide bonds. The molecule has 292 valence electrons. The van der Waals surface area contributed by atoms with E-state index in [0.29, 0.717) is 0 Å². The maximum absolute atomic E-state index is 2.42. The lowest BCUT2D eigenvalue weighted by Gasteiger charge is -2.28. The number of aromatic nitrogens is 2. The number of hydrogen-bond acceptors (Lipinski definition) is 1. The molecule has 0 aliphatic heterocycles. The lowest BCUT2D eigenvalue weighted by atomic mass is 9.82. The first kappa shape index (κ1) is 34.9. The van der Waals surface area contributed by atoms with Gasteiger partial charge in [0.15, 0.2) is 0 Å². The normalized spacial score (nSPS) is 13.1. The minimum Gasteiger partial charge on any atom is -0.310 e. The van der Waals surface area contributed by atoms with Crippen molar-refractivity contribution in [1.82, 2.24) is 9.13 Å². The second kappa shape index (κ2) is 13.1. The molecule has 2 aromatic heterocycles. The molecule has 0 N–H and O–H groups in total. The van der Waals surface area contributed by atoms with Crippen LogP contribution in [0.4, 0.5) is 17.1 Å². The third-order valence-corrected chi connectivity index (χ3v) is 13.7. The Kier molecular flexibility index (Phi) is 7.36. The molecular formula is C59H41N3. The largest absolute Gasteiger partial charge is 0.310 e. The SMILES string of the molecule is CC1(C)c2ccccc2-c2ccc(N(c3ccc(-c4ccc5c6c4ccc4cccc(c46)n5-c4ccccc4)cc3)c3ccc(-n4c5ccccc5c5ccccc54)cc3)cc21. The highest BCUT2D eigenvalue weighted by atomic mass is 15.1. The van der Waals surface area contributed by atoms with Gasteiger partial charge >= 0.3 is 0 Å². The lowest BCUT2D eigenvalue weighted by molar-refractivity contribution is 0.660. The van der Waals surface area contributed by atoms with Crippen molar-refractivity contribution in [3.8, 4) is 33.6 Å². The van der Waals surface area contributed by atoms with E-state index in [-0.39, 0.29) is 5.41 Å². The molecule has 2 heterocycles. The Labute approximate surface area is 360 Å². The molecule has 0 atom stereocenters. The Balaban J connectivity index is 0.953. The molecule has 3 nitrogen and oxygen atoms in total. The number of fused-ring (bicyclic) bond motifs is 6. The summed E-state index contributed by atoms with van der Waals surface area (Å²) in [5.41, 5.74) is 18.3. The molecule has 3 heteroatoms. The van der Waals surface area contributed by atoms with Gasteiger partial charge in [-0.2, -0.15) is 0 Å². The van der Waals surface area contributed by atoms with Crippen LogP contribution in [0.15, 0.2) is 212 Å². The van der Waals surface area contributed by atoms with E-state index in [2.05, 4.69) is 240 Å². The zero-order valence-electron chi connectivity index (χ0n) is 34.5. The number of anilines is 3. The molecule has 62 heavy (non-hydrogen) atoms. The van der Waals surface area contributed by atoms with Crippen LogP contribution in [-0.2, 0) is 5.41 Å². The average Bonchev–Trinajstić information content (AvgIpc) is 3.93. The summed E-state index contributed by atoms with van der Waals surface area (Å²) in [4.78, 5) is 2.42. The molecule has 0 radical (unpaired) electrons. The van der Waals surface area contributed by atoms with E-state index >= 15 is 0 Å². The van der Waals surface area contributed by atoms with Crippen LogP contribution in [0.5, 0.6) is 0 Å². The smallest absolute Gasteiger partial charge is 0.0547 e. The van der Waals surface area contributed by atoms with Gasteiger partial charge in [0, 0.05) is 55.4 Å². The van der Waals surface area contributed by atoms with Crippen molar-refractivity contribution in [3.05, 3.63) is 223 Å². The molecule has 13 rings (SSSR count). The van der Waals surface area contributed by atoms with Gasteiger partial charge in [-0.25, -0.2) is 0 Å². The summed E-state index contributed by atoms with van der Waals surface area (Å²) in [5, 5.41) is 7.70. The molecule has 0 saturated heterocycles. The maximum Gasteiger partial charge on any atom is 0.0547 e. The van der Waals surface area contributed by atoms with Gasteiger partial charge in [-0.15, -0.1) is 0 Å². The first-order valence-corrected chi connectivity index (χ1v) is 21.6. The van der Waals surface area contributed by atoms with Gasteiger partial charge in [0.25, 0.3) is 0 Å². The van der Waals surface area contributed by atoms with E-state index in [0.717, 1.165) is 22.7 Å². The summed E-state index contributed by atoms with van der Waals surface area (Å²) < 4.78 is 4.80. The Morgan fingerprint density at radius 3 is 1.68 bits per heavy atom. The van der Waals surface area contributed by atoms with E-state index in [1.54, 1.807) is 0 Å². The molecule has 1 aliphatic rings. The highest BCUT2D eigenvalue weighted by Gasteiger charge is 2.35. The van der Waals surface area contributed by atoms with E-state index in [1.807, 2.05) is 0 Å². The topological polar surface area (TPSA) is 13.1 Å². The Bertz CT molecular complexity index is 3650. The molecule has 0 unspecified atom stereocenters. The van der Waals surface area contributed by atoms with Gasteiger partial charge in [-0.1, -0.05) is 141 Å². The van der Waals surface area contributed by atoms with Gasteiger partial charge in [0.2, 0.25) is 0 Å². The van der Waals surface area contributed by atoms with Crippen LogP contribution in [0.1, 0.15) is 25.0 Å². The second-order valence-corrected chi connectivity index (χ2v) is 17.3. The number of hydrogen-bond donors (Lipinski definition) is 0. The Hall–Kier alpha value is -7.88. The van der Waals surface area contributed by atoms with E-state index in [4.69, 9.17) is 0 Å². The van der Waals surface area contributed by atoms with Crippen molar-refractivity contribution in [2.24, 2.45) is 0 Å². The number of nitrogens with zero attached hydrogens (tertiary/aromatic N) is 3. The van der Waals surface area contributed by atoms with Gasteiger partial charge < -0.3 is 14.0 Å². The summed E-state index contributed by atoms with van der Waals surface area (Å²) in [6, 6.07) is 78.3. The average molecular weight is 792 g/mol. The van der Waals surface area contributed by atoms with Gasteiger partial charge in [-0.05, 0) is 129 Å². The fraction of sp³-hybridized carbons (Fsp3) is 0.0508. The fourth-order valence-electron chi connectivity index (χ4n) is 10.8. The van der Waals surface area contributed by atoms with E-state index < -0.39 is 0 Å². The third-order valence-electron chi connectivity index (χ3n) is 13.7. The molecule has 0 saturated carbocycles. The summed E-state index contributed by atoms with van der Waals surface area (Å²) >= 11 is 0. The van der Waals surface area contributed by atoms with Crippen molar-refractivity contribution in [1.29, 1.82) is 0 Å². The zero-order chi connectivity index (χ0) is 41.1. The summed E-state index contributed by atoms with van der Waals surface area (Å²) in [6.07, 6.45) is 0. The third kappa shape index (κ3) is 4.94. The molecule has 1 aliphatic carbocycles. The van der Waals surface area contributed by atoms with Crippen molar-refractivity contribution < 1.29 is 0 Å². The Morgan fingerprint density at radius 1 is 0.355 bits per heavy atom. The second-order valence-electron chi connectivity index (χ2n) is 17.3. The van der Waals surface area contributed by atoms with Crippen LogP contribution in [-0.4, -0.2) is 9.13 Å². The summed E-state index contributed by atoms with van der Waals surface area (Å²) in [5.74, 6) is 0. The highest BCUT2D eigenvalue weighted by Crippen LogP contribution is 2.51. The first-order chi connectivity index (χ1) is 30.5. The van der Waals surface area contributed by atoms with Crippen molar-refractivity contribution in [2.45, 2.75) is 19.3 Å². The highest BCUT2D eigenvalue weighted by molar-refractivity contribution is 6.26. The van der Waals surface area contributed by atoms with Crippen molar-refractivity contribution >= 4 is 71.4 Å². The molecule has 12 aromatic rings. The van der Waals surface area contributed by atoms with E-state index in [9.17, 15) is 0 Å². The van der Waals surface area contributed by atoms with Crippen LogP contribution in [0, 0.1) is 0 Å². The molecule has 0 spiro atoms.